The normalized spacial score (nSPS) is 10.4. The molecule has 28 heavy (non-hydrogen) atoms. The summed E-state index contributed by atoms with van der Waals surface area (Å²) < 4.78 is 6.20. The zero-order valence-corrected chi connectivity index (χ0v) is 17.1. The molecule has 0 bridgehead atoms. The van der Waals surface area contributed by atoms with Crippen LogP contribution in [0.4, 0.5) is 5.69 Å². The van der Waals surface area contributed by atoms with Crippen LogP contribution in [0.15, 0.2) is 28.4 Å². The molecule has 0 spiro atoms. The molecule has 0 unspecified atom stereocenters. The molecule has 0 aliphatic heterocycles. The van der Waals surface area contributed by atoms with E-state index in [0.29, 0.717) is 11.4 Å². The number of rotatable bonds is 7. The molecule has 1 heterocycles. The lowest BCUT2D eigenvalue weighted by Gasteiger charge is -2.17. The van der Waals surface area contributed by atoms with Crippen molar-refractivity contribution in [1.29, 1.82) is 0 Å². The molecule has 0 fully saturated rings. The Morgan fingerprint density at radius 1 is 1.21 bits per heavy atom. The summed E-state index contributed by atoms with van der Waals surface area (Å²) in [5.41, 5.74) is 3.27. The van der Waals surface area contributed by atoms with Gasteiger partial charge in [-0.25, -0.2) is 0 Å². The van der Waals surface area contributed by atoms with E-state index in [4.69, 9.17) is 4.74 Å². The molecule has 8 nitrogen and oxygen atoms in total. The number of ether oxygens (including phenoxy) is 1. The van der Waals surface area contributed by atoms with Gasteiger partial charge in [0.2, 0.25) is 5.91 Å². The van der Waals surface area contributed by atoms with Crippen LogP contribution >= 0.6 is 11.3 Å². The van der Waals surface area contributed by atoms with E-state index in [1.165, 1.54) is 16.5 Å². The van der Waals surface area contributed by atoms with E-state index in [1.54, 1.807) is 12.3 Å². The van der Waals surface area contributed by atoms with E-state index in [0.717, 1.165) is 22.5 Å². The van der Waals surface area contributed by atoms with Gasteiger partial charge in [-0.2, -0.15) is 0 Å². The van der Waals surface area contributed by atoms with Gasteiger partial charge in [-0.3, -0.25) is 23.7 Å². The first-order chi connectivity index (χ1) is 13.2. The lowest BCUT2D eigenvalue weighted by Crippen LogP contribution is -2.38. The summed E-state index contributed by atoms with van der Waals surface area (Å²) in [6.45, 7) is 4.59. The van der Waals surface area contributed by atoms with Gasteiger partial charge in [0, 0.05) is 23.8 Å². The standard InChI is InChI=1S/C19H23N3O5S/c1-12-5-6-13(2)15(7-12)20-16(23)8-21(4)17(24)10-27-18(25)9-22-14(3)11-28-19(22)26/h5-7,11H,8-10H2,1-4H3,(H,20,23). The first-order valence-electron chi connectivity index (χ1n) is 8.59. The van der Waals surface area contributed by atoms with Crippen molar-refractivity contribution in [3.8, 4) is 0 Å². The highest BCUT2D eigenvalue weighted by molar-refractivity contribution is 7.07. The Bertz CT molecular complexity index is 947. The summed E-state index contributed by atoms with van der Waals surface area (Å²) in [5, 5.41) is 4.41. The molecule has 1 N–H and O–H groups in total. The summed E-state index contributed by atoms with van der Waals surface area (Å²) in [4.78, 5) is 48.6. The van der Waals surface area contributed by atoms with Gasteiger partial charge < -0.3 is 15.0 Å². The first-order valence-corrected chi connectivity index (χ1v) is 9.47. The molecule has 0 atom stereocenters. The van der Waals surface area contributed by atoms with Crippen LogP contribution in [0.3, 0.4) is 0 Å². The minimum absolute atomic E-state index is 0.174. The van der Waals surface area contributed by atoms with Gasteiger partial charge in [-0.1, -0.05) is 23.5 Å². The zero-order chi connectivity index (χ0) is 20.8. The number of nitrogens with zero attached hydrogens (tertiary/aromatic N) is 2. The number of thiazole rings is 1. The van der Waals surface area contributed by atoms with E-state index < -0.39 is 18.5 Å². The number of aromatic nitrogens is 1. The van der Waals surface area contributed by atoms with Gasteiger partial charge in [0.25, 0.3) is 5.91 Å². The van der Waals surface area contributed by atoms with Crippen LogP contribution in [0.2, 0.25) is 0 Å². The van der Waals surface area contributed by atoms with Crippen LogP contribution in [0.5, 0.6) is 0 Å². The molecule has 9 heteroatoms. The monoisotopic (exact) mass is 405 g/mol. The third-order valence-corrected chi connectivity index (χ3v) is 4.97. The van der Waals surface area contributed by atoms with Gasteiger partial charge in [-0.15, -0.1) is 0 Å². The maximum absolute atomic E-state index is 12.2. The zero-order valence-electron chi connectivity index (χ0n) is 16.3. The Morgan fingerprint density at radius 3 is 2.57 bits per heavy atom. The quantitative estimate of drug-likeness (QED) is 0.704. The van der Waals surface area contributed by atoms with Gasteiger partial charge >= 0.3 is 10.8 Å². The summed E-state index contributed by atoms with van der Waals surface area (Å²) in [5.74, 6) is -1.56. The second-order valence-electron chi connectivity index (χ2n) is 6.51. The Balaban J connectivity index is 1.82. The molecule has 2 amide bonds. The van der Waals surface area contributed by atoms with E-state index in [1.807, 2.05) is 32.0 Å². The first kappa shape index (κ1) is 21.4. The number of hydrogen-bond acceptors (Lipinski definition) is 6. The van der Waals surface area contributed by atoms with Crippen molar-refractivity contribution in [2.45, 2.75) is 27.3 Å². The molecule has 0 saturated heterocycles. The topological polar surface area (TPSA) is 97.7 Å². The van der Waals surface area contributed by atoms with Crippen LogP contribution in [0.25, 0.3) is 0 Å². The maximum Gasteiger partial charge on any atom is 0.326 e. The third kappa shape index (κ3) is 5.78. The molecule has 1 aromatic carbocycles. The molecule has 0 aliphatic rings. The SMILES string of the molecule is Cc1ccc(C)c(NC(=O)CN(C)C(=O)COC(=O)Cn2c(C)csc2=O)c1. The lowest BCUT2D eigenvalue weighted by atomic mass is 10.1. The van der Waals surface area contributed by atoms with Gasteiger partial charge in [0.15, 0.2) is 6.61 Å². The molecule has 2 rings (SSSR count). The Morgan fingerprint density at radius 2 is 1.93 bits per heavy atom. The molecular weight excluding hydrogens is 382 g/mol. The lowest BCUT2D eigenvalue weighted by molar-refractivity contribution is -0.152. The molecule has 1 aromatic heterocycles. The number of hydrogen-bond donors (Lipinski definition) is 1. The Labute approximate surface area is 166 Å². The van der Waals surface area contributed by atoms with Gasteiger partial charge in [0.05, 0.1) is 6.54 Å². The molecule has 2 aromatic rings. The van der Waals surface area contributed by atoms with E-state index in [9.17, 15) is 19.2 Å². The number of amides is 2. The van der Waals surface area contributed by atoms with Crippen LogP contribution in [0.1, 0.15) is 16.8 Å². The smallest absolute Gasteiger partial charge is 0.326 e. The summed E-state index contributed by atoms with van der Waals surface area (Å²) >= 11 is 0.992. The number of esters is 1. The Kier molecular flexibility index (Phi) is 7.11. The molecular formula is C19H23N3O5S. The number of carbonyl (C=O) groups is 3. The number of nitrogens with one attached hydrogen (secondary N) is 1. The number of aryl methyl sites for hydroxylation is 3. The van der Waals surface area contributed by atoms with Crippen LogP contribution < -0.4 is 10.2 Å². The van der Waals surface area contributed by atoms with E-state index in [-0.39, 0.29) is 23.9 Å². The summed E-state index contributed by atoms with van der Waals surface area (Å²) in [6.07, 6.45) is 0. The summed E-state index contributed by atoms with van der Waals surface area (Å²) in [6, 6.07) is 5.70. The van der Waals surface area contributed by atoms with E-state index >= 15 is 0 Å². The van der Waals surface area contributed by atoms with Gasteiger partial charge in [0.1, 0.15) is 6.54 Å². The number of benzene rings is 1. The highest BCUT2D eigenvalue weighted by Crippen LogP contribution is 2.16. The van der Waals surface area contributed by atoms with Crippen LogP contribution in [-0.4, -0.2) is 47.4 Å². The largest absolute Gasteiger partial charge is 0.454 e. The predicted octanol–water partition coefficient (Wildman–Crippen LogP) is 1.48. The second-order valence-corrected chi connectivity index (χ2v) is 7.33. The van der Waals surface area contributed by atoms with Crippen molar-refractivity contribution in [3.63, 3.8) is 0 Å². The molecule has 150 valence electrons. The molecule has 0 radical (unpaired) electrons. The number of carbonyl (C=O) groups excluding carboxylic acids is 3. The highest BCUT2D eigenvalue weighted by atomic mass is 32.1. The van der Waals surface area contributed by atoms with Crippen molar-refractivity contribution in [1.82, 2.24) is 9.47 Å². The Hall–Kier alpha value is -2.94. The van der Waals surface area contributed by atoms with Crippen LogP contribution in [-0.2, 0) is 25.7 Å². The van der Waals surface area contributed by atoms with Crippen molar-refractivity contribution >= 4 is 34.8 Å². The predicted molar refractivity (Wildman–Crippen MR) is 106 cm³/mol. The van der Waals surface area contributed by atoms with Crippen molar-refractivity contribution in [2.75, 3.05) is 25.5 Å². The van der Waals surface area contributed by atoms with Crippen LogP contribution in [0, 0.1) is 20.8 Å². The minimum Gasteiger partial charge on any atom is -0.454 e. The fraction of sp³-hybridized carbons (Fsp3) is 0.368. The fourth-order valence-electron chi connectivity index (χ4n) is 2.39. The summed E-state index contributed by atoms with van der Waals surface area (Å²) in [7, 11) is 1.45. The van der Waals surface area contributed by atoms with Gasteiger partial charge in [-0.05, 0) is 38.0 Å². The average molecular weight is 405 g/mol. The number of likely N-dealkylation sites (N-methyl/N-ethyl adjacent to an activating group) is 1. The van der Waals surface area contributed by atoms with Crippen molar-refractivity contribution in [2.24, 2.45) is 0 Å². The fourth-order valence-corrected chi connectivity index (χ4v) is 3.12. The minimum atomic E-state index is -0.690. The van der Waals surface area contributed by atoms with Crippen molar-refractivity contribution < 1.29 is 19.1 Å². The highest BCUT2D eigenvalue weighted by Gasteiger charge is 2.17. The third-order valence-electron chi connectivity index (χ3n) is 4.09. The second kappa shape index (κ2) is 9.32. The average Bonchev–Trinajstić information content (AvgIpc) is 2.94. The molecule has 0 saturated carbocycles. The molecule has 0 aliphatic carbocycles. The van der Waals surface area contributed by atoms with E-state index in [2.05, 4.69) is 5.32 Å². The van der Waals surface area contributed by atoms with Crippen molar-refractivity contribution in [3.05, 3.63) is 50.1 Å². The number of anilines is 1. The maximum atomic E-state index is 12.2.